The van der Waals surface area contributed by atoms with E-state index in [1.54, 1.807) is 7.11 Å². The van der Waals surface area contributed by atoms with Gasteiger partial charge in [-0.15, -0.1) is 0 Å². The summed E-state index contributed by atoms with van der Waals surface area (Å²) in [5.74, 6) is 0.782. The minimum atomic E-state index is -0.248. The second-order valence-corrected chi connectivity index (χ2v) is 6.67. The molecule has 0 aliphatic carbocycles. The number of hydrogen-bond acceptors (Lipinski definition) is 3. The van der Waals surface area contributed by atoms with Crippen LogP contribution in [-0.2, 0) is 6.54 Å². The largest absolute Gasteiger partial charge is 0.496 e. The monoisotopic (exact) mass is 290 g/mol. The van der Waals surface area contributed by atoms with Crippen molar-refractivity contribution in [3.8, 4) is 5.75 Å². The van der Waals surface area contributed by atoms with Crippen LogP contribution in [0.2, 0.25) is 0 Å². The molecule has 1 heterocycles. The zero-order chi connectivity index (χ0) is 15.9. The molecule has 4 heteroatoms. The molecule has 0 radical (unpaired) electrons. The minimum Gasteiger partial charge on any atom is -0.496 e. The summed E-state index contributed by atoms with van der Waals surface area (Å²) in [6, 6.07) is 2.04. The van der Waals surface area contributed by atoms with E-state index in [9.17, 15) is 4.79 Å². The number of methoxy groups -OCH3 is 1. The molecule has 0 atom stereocenters. The van der Waals surface area contributed by atoms with E-state index in [1.807, 2.05) is 26.8 Å². The van der Waals surface area contributed by atoms with Gasteiger partial charge in [0.25, 0.3) is 0 Å². The van der Waals surface area contributed by atoms with Gasteiger partial charge in [-0.05, 0) is 38.0 Å². The van der Waals surface area contributed by atoms with Crippen molar-refractivity contribution in [1.82, 2.24) is 0 Å². The topological polar surface area (TPSA) is 39.4 Å². The van der Waals surface area contributed by atoms with E-state index in [1.165, 1.54) is 0 Å². The van der Waals surface area contributed by atoms with Crippen LogP contribution in [0.5, 0.6) is 5.75 Å². The molecule has 0 amide bonds. The van der Waals surface area contributed by atoms with Gasteiger partial charge >= 0.3 is 5.63 Å². The standard InChI is InChI=1S/C17H24NO3/c1-10-8-13-11(2)14(9-18(4,5)6)17(19)21-16(13)12(3)15(10)20-7/h8H,9H2,1-7H3/q+1. The SMILES string of the molecule is COc1c(C)cc2c(C)c(C[N+](C)(C)C)c(=O)oc2c1C. The lowest BCUT2D eigenvalue weighted by molar-refractivity contribution is -0.884. The maximum atomic E-state index is 12.4. The Morgan fingerprint density at radius 1 is 1.14 bits per heavy atom. The van der Waals surface area contributed by atoms with Crippen LogP contribution in [0.4, 0.5) is 0 Å². The number of quaternary nitrogens is 1. The summed E-state index contributed by atoms with van der Waals surface area (Å²) >= 11 is 0. The fourth-order valence-corrected chi connectivity index (χ4v) is 2.80. The molecule has 114 valence electrons. The molecule has 0 bridgehead atoms. The van der Waals surface area contributed by atoms with Crippen LogP contribution in [0.25, 0.3) is 11.0 Å². The van der Waals surface area contributed by atoms with E-state index in [0.717, 1.165) is 33.4 Å². The van der Waals surface area contributed by atoms with Gasteiger partial charge in [0.05, 0.1) is 33.8 Å². The van der Waals surface area contributed by atoms with E-state index in [4.69, 9.17) is 9.15 Å². The van der Waals surface area contributed by atoms with E-state index in [-0.39, 0.29) is 5.63 Å². The van der Waals surface area contributed by atoms with E-state index < -0.39 is 0 Å². The summed E-state index contributed by atoms with van der Waals surface area (Å²) in [6.45, 7) is 6.58. The molecule has 0 saturated heterocycles. The molecule has 0 aliphatic heterocycles. The third-order valence-corrected chi connectivity index (χ3v) is 3.78. The number of hydrogen-bond donors (Lipinski definition) is 0. The van der Waals surface area contributed by atoms with Crippen LogP contribution >= 0.6 is 0 Å². The Labute approximate surface area is 125 Å². The van der Waals surface area contributed by atoms with Crippen LogP contribution in [0.15, 0.2) is 15.3 Å². The minimum absolute atomic E-state index is 0.248. The number of rotatable bonds is 3. The molecule has 0 N–H and O–H groups in total. The van der Waals surface area contributed by atoms with Gasteiger partial charge in [0.1, 0.15) is 17.9 Å². The van der Waals surface area contributed by atoms with Gasteiger partial charge in [-0.3, -0.25) is 0 Å². The third-order valence-electron chi connectivity index (χ3n) is 3.78. The fourth-order valence-electron chi connectivity index (χ4n) is 2.80. The van der Waals surface area contributed by atoms with E-state index in [0.29, 0.717) is 16.6 Å². The zero-order valence-electron chi connectivity index (χ0n) is 14.0. The first kappa shape index (κ1) is 15.6. The van der Waals surface area contributed by atoms with Gasteiger partial charge in [0.15, 0.2) is 0 Å². The molecule has 21 heavy (non-hydrogen) atoms. The first-order valence-corrected chi connectivity index (χ1v) is 7.06. The van der Waals surface area contributed by atoms with Crippen molar-refractivity contribution in [2.24, 2.45) is 0 Å². The quantitative estimate of drug-likeness (QED) is 0.644. The molecule has 2 aromatic rings. The molecule has 0 fully saturated rings. The van der Waals surface area contributed by atoms with Gasteiger partial charge in [0, 0.05) is 10.9 Å². The Morgan fingerprint density at radius 3 is 2.29 bits per heavy atom. The predicted octanol–water partition coefficient (Wildman–Crippen LogP) is 2.93. The highest BCUT2D eigenvalue weighted by atomic mass is 16.5. The summed E-state index contributed by atoms with van der Waals surface area (Å²) in [5.41, 5.74) is 4.06. The second-order valence-electron chi connectivity index (χ2n) is 6.67. The third kappa shape index (κ3) is 2.81. The Bertz CT molecular complexity index is 751. The average molecular weight is 290 g/mol. The van der Waals surface area contributed by atoms with Gasteiger partial charge in [-0.2, -0.15) is 0 Å². The summed E-state index contributed by atoms with van der Waals surface area (Å²) in [4.78, 5) is 12.4. The number of aryl methyl sites for hydroxylation is 3. The smallest absolute Gasteiger partial charge is 0.345 e. The first-order valence-electron chi connectivity index (χ1n) is 7.06. The van der Waals surface area contributed by atoms with Crippen LogP contribution in [0.3, 0.4) is 0 Å². The van der Waals surface area contributed by atoms with Crippen LogP contribution < -0.4 is 10.4 Å². The van der Waals surface area contributed by atoms with Crippen LogP contribution in [0, 0.1) is 20.8 Å². The molecule has 4 nitrogen and oxygen atoms in total. The fraction of sp³-hybridized carbons (Fsp3) is 0.471. The highest BCUT2D eigenvalue weighted by Crippen LogP contribution is 2.32. The highest BCUT2D eigenvalue weighted by Gasteiger charge is 2.20. The number of nitrogens with zero attached hydrogens (tertiary/aromatic N) is 1. The number of benzene rings is 1. The highest BCUT2D eigenvalue weighted by molar-refractivity contribution is 5.86. The normalized spacial score (nSPS) is 12.0. The van der Waals surface area contributed by atoms with E-state index in [2.05, 4.69) is 21.1 Å². The molecular formula is C17H24NO3+. The molecular weight excluding hydrogens is 266 g/mol. The molecule has 1 aromatic heterocycles. The molecule has 1 aromatic carbocycles. The Balaban J connectivity index is 2.82. The predicted molar refractivity (Wildman–Crippen MR) is 85.0 cm³/mol. The van der Waals surface area contributed by atoms with E-state index >= 15 is 0 Å². The van der Waals surface area contributed by atoms with Crippen molar-refractivity contribution in [3.05, 3.63) is 38.7 Å². The molecule has 0 saturated carbocycles. The Morgan fingerprint density at radius 2 is 1.76 bits per heavy atom. The molecule has 0 aliphatic rings. The lowest BCUT2D eigenvalue weighted by Gasteiger charge is -2.24. The maximum absolute atomic E-state index is 12.4. The maximum Gasteiger partial charge on any atom is 0.345 e. The number of fused-ring (bicyclic) bond motifs is 1. The lowest BCUT2D eigenvalue weighted by atomic mass is 10.00. The van der Waals surface area contributed by atoms with Crippen molar-refractivity contribution < 1.29 is 13.6 Å². The van der Waals surface area contributed by atoms with Gasteiger partial charge in [0.2, 0.25) is 0 Å². The van der Waals surface area contributed by atoms with Crippen molar-refractivity contribution in [2.45, 2.75) is 27.3 Å². The van der Waals surface area contributed by atoms with Crippen molar-refractivity contribution >= 4 is 11.0 Å². The lowest BCUT2D eigenvalue weighted by Crippen LogP contribution is -2.35. The van der Waals surface area contributed by atoms with Crippen LogP contribution in [0.1, 0.15) is 22.3 Å². The first-order chi connectivity index (χ1) is 9.65. The Hall–Kier alpha value is -1.81. The summed E-state index contributed by atoms with van der Waals surface area (Å²) in [7, 11) is 7.83. The molecule has 0 spiro atoms. The van der Waals surface area contributed by atoms with Crippen molar-refractivity contribution in [1.29, 1.82) is 0 Å². The zero-order valence-corrected chi connectivity index (χ0v) is 14.0. The van der Waals surface area contributed by atoms with Crippen molar-refractivity contribution in [3.63, 3.8) is 0 Å². The second kappa shape index (κ2) is 5.19. The Kier molecular flexibility index (Phi) is 3.85. The van der Waals surface area contributed by atoms with Crippen LogP contribution in [-0.4, -0.2) is 32.7 Å². The van der Waals surface area contributed by atoms with Crippen molar-refractivity contribution in [2.75, 3.05) is 28.3 Å². The number of ether oxygens (including phenoxy) is 1. The van der Waals surface area contributed by atoms with Gasteiger partial charge < -0.3 is 13.6 Å². The molecule has 0 unspecified atom stereocenters. The van der Waals surface area contributed by atoms with Gasteiger partial charge in [-0.25, -0.2) is 4.79 Å². The molecule has 2 rings (SSSR count). The average Bonchev–Trinajstić information content (AvgIpc) is 2.36. The summed E-state index contributed by atoms with van der Waals surface area (Å²) in [5, 5.41) is 0.994. The summed E-state index contributed by atoms with van der Waals surface area (Å²) in [6.07, 6.45) is 0. The van der Waals surface area contributed by atoms with Gasteiger partial charge in [-0.1, -0.05) is 0 Å². The summed E-state index contributed by atoms with van der Waals surface area (Å²) < 4.78 is 11.7.